The Morgan fingerprint density at radius 3 is 2.29 bits per heavy atom. The third-order valence-electron chi connectivity index (χ3n) is 10.5. The van der Waals surface area contributed by atoms with Gasteiger partial charge in [0.1, 0.15) is 35.9 Å². The Hall–Kier alpha value is -3.08. The Bertz CT molecular complexity index is 1670. The lowest BCUT2D eigenvalue weighted by Crippen LogP contribution is -2.30. The van der Waals surface area contributed by atoms with E-state index in [2.05, 4.69) is 23.1 Å². The molecule has 1 saturated heterocycles. The number of benzene rings is 1. The first-order chi connectivity index (χ1) is 27.2. The fourth-order valence-electron chi connectivity index (χ4n) is 7.12. The Labute approximate surface area is 334 Å². The van der Waals surface area contributed by atoms with Gasteiger partial charge in [0.05, 0.1) is 50.4 Å². The summed E-state index contributed by atoms with van der Waals surface area (Å²) < 4.78 is 49.3. The van der Waals surface area contributed by atoms with Crippen LogP contribution in [0, 0.1) is 11.3 Å². The molecule has 3 N–H and O–H groups in total. The van der Waals surface area contributed by atoms with E-state index in [4.69, 9.17) is 33.7 Å². The van der Waals surface area contributed by atoms with E-state index in [1.54, 1.807) is 16.6 Å². The molecule has 1 aliphatic rings. The number of phosphoric ester groups is 1. The summed E-state index contributed by atoms with van der Waals surface area (Å²) in [6, 6.07) is 11.1. The van der Waals surface area contributed by atoms with Crippen LogP contribution in [-0.4, -0.2) is 64.7 Å². The lowest BCUT2D eigenvalue weighted by Gasteiger charge is -2.26. The molecule has 56 heavy (non-hydrogen) atoms. The summed E-state index contributed by atoms with van der Waals surface area (Å²) in [6.45, 7) is 4.60. The molecular formula is C42H66N5O8P. The Morgan fingerprint density at radius 1 is 0.982 bits per heavy atom. The van der Waals surface area contributed by atoms with Crippen LogP contribution in [0.25, 0.3) is 5.52 Å². The first-order valence-corrected chi connectivity index (χ1v) is 22.3. The van der Waals surface area contributed by atoms with Crippen LogP contribution in [0.1, 0.15) is 152 Å². The summed E-state index contributed by atoms with van der Waals surface area (Å²) in [5, 5.41) is 13.8. The van der Waals surface area contributed by atoms with Crippen LogP contribution >= 0.6 is 7.82 Å². The van der Waals surface area contributed by atoms with Crippen molar-refractivity contribution in [3.05, 3.63) is 53.5 Å². The minimum atomic E-state index is -4.48. The minimum Gasteiger partial charge on any atom is -0.495 e. The number of aromatic nitrogens is 3. The van der Waals surface area contributed by atoms with Crippen LogP contribution < -0.4 is 10.5 Å². The molecule has 1 unspecified atom stereocenters. The van der Waals surface area contributed by atoms with Gasteiger partial charge in [-0.25, -0.2) is 14.1 Å². The van der Waals surface area contributed by atoms with Crippen molar-refractivity contribution in [1.82, 2.24) is 14.6 Å². The van der Waals surface area contributed by atoms with E-state index in [0.29, 0.717) is 42.1 Å². The number of unbranched alkanes of at least 4 members (excludes halogenated alkanes) is 15. The van der Waals surface area contributed by atoms with Gasteiger partial charge >= 0.3 is 7.82 Å². The molecule has 0 amide bonds. The molecule has 14 heteroatoms. The van der Waals surface area contributed by atoms with E-state index in [1.807, 2.05) is 25.1 Å². The summed E-state index contributed by atoms with van der Waals surface area (Å²) in [6.07, 6.45) is 22.5. The van der Waals surface area contributed by atoms with Crippen LogP contribution in [0.2, 0.25) is 0 Å². The van der Waals surface area contributed by atoms with Gasteiger partial charge in [-0.3, -0.25) is 9.05 Å². The average molecular weight is 800 g/mol. The van der Waals surface area contributed by atoms with Crippen molar-refractivity contribution >= 4 is 19.2 Å². The predicted octanol–water partition coefficient (Wildman–Crippen LogP) is 9.80. The number of anilines is 1. The van der Waals surface area contributed by atoms with Crippen molar-refractivity contribution in [3.8, 4) is 11.8 Å². The third kappa shape index (κ3) is 15.7. The fourth-order valence-corrected chi connectivity index (χ4v) is 7.98. The zero-order valence-electron chi connectivity index (χ0n) is 34.0. The van der Waals surface area contributed by atoms with Crippen molar-refractivity contribution < 1.29 is 37.5 Å². The first kappa shape index (κ1) is 45.6. The van der Waals surface area contributed by atoms with Crippen molar-refractivity contribution in [2.45, 2.75) is 154 Å². The van der Waals surface area contributed by atoms with E-state index in [-0.39, 0.29) is 32.5 Å². The van der Waals surface area contributed by atoms with Gasteiger partial charge in [-0.15, -0.1) is 0 Å². The highest BCUT2D eigenvalue weighted by Gasteiger charge is 2.40. The molecule has 13 nitrogen and oxygen atoms in total. The van der Waals surface area contributed by atoms with Crippen LogP contribution in [0.3, 0.4) is 0 Å². The molecule has 2 aromatic heterocycles. The number of nitrogens with two attached hydrogens (primary N) is 1. The second-order valence-corrected chi connectivity index (χ2v) is 16.7. The topological polar surface area (TPSA) is 173 Å². The molecule has 0 bridgehead atoms. The highest BCUT2D eigenvalue weighted by atomic mass is 31.2. The van der Waals surface area contributed by atoms with Crippen LogP contribution in [0.15, 0.2) is 36.7 Å². The molecule has 1 fully saturated rings. The third-order valence-corrected chi connectivity index (χ3v) is 11.4. The number of hydrogen-bond donors (Lipinski definition) is 2. The summed E-state index contributed by atoms with van der Waals surface area (Å²) in [5.74, 6) is 0.848. The van der Waals surface area contributed by atoms with Gasteiger partial charge < -0.3 is 29.6 Å². The minimum absolute atomic E-state index is 0.143. The average Bonchev–Trinajstić information content (AvgIpc) is 3.82. The Kier molecular flexibility index (Phi) is 20.1. The van der Waals surface area contributed by atoms with E-state index in [9.17, 15) is 14.7 Å². The lowest BCUT2D eigenvalue weighted by atomic mass is 10.0. The van der Waals surface area contributed by atoms with Gasteiger partial charge in [-0.05, 0) is 56.0 Å². The second kappa shape index (κ2) is 24.6. The van der Waals surface area contributed by atoms with Crippen LogP contribution in [0.4, 0.5) is 5.82 Å². The van der Waals surface area contributed by atoms with Gasteiger partial charge in [-0.2, -0.15) is 10.4 Å². The number of nitrogens with zero attached hydrogens (tertiary/aromatic N) is 4. The van der Waals surface area contributed by atoms with Crippen LogP contribution in [0.5, 0.6) is 5.75 Å². The molecule has 312 valence electrons. The summed E-state index contributed by atoms with van der Waals surface area (Å²) in [5.41, 5.74) is 7.81. The molecule has 0 spiro atoms. The number of methoxy groups -OCH3 is 1. The highest BCUT2D eigenvalue weighted by Crippen LogP contribution is 2.47. The second-order valence-electron chi connectivity index (χ2n) is 15.3. The molecule has 0 radical (unpaired) electrons. The monoisotopic (exact) mass is 799 g/mol. The van der Waals surface area contributed by atoms with Crippen molar-refractivity contribution in [2.75, 3.05) is 39.3 Å². The number of nitrogen functional groups attached to an aromatic ring is 1. The van der Waals surface area contributed by atoms with E-state index in [1.165, 1.54) is 103 Å². The Balaban J connectivity index is 1.16. The smallest absolute Gasteiger partial charge is 0.472 e. The standard InChI is InChI=1S/C42H66N5O8P/c1-4-5-6-7-8-9-10-11-12-13-14-15-16-17-18-19-26-51-30-36(52-29-34-20-23-39(50-3)35(27-34)28-43)31-53-56(48,49)54-32-42(2)25-24-40(55-42)37-21-22-38-41(44)45-33-46-47(37)38/h20-23,27,33,36,40H,4-19,24-26,29-32H2,1-3H3,(H,48,49)(H2,44,45,46)/t36-,40-,42+/m1/s1. The molecule has 0 saturated carbocycles. The number of hydrogen-bond acceptors (Lipinski definition) is 11. The fraction of sp³-hybridized carbons (Fsp3) is 0.690. The molecule has 3 heterocycles. The molecular weight excluding hydrogens is 733 g/mol. The zero-order valence-corrected chi connectivity index (χ0v) is 34.9. The van der Waals surface area contributed by atoms with Gasteiger partial charge in [0, 0.05) is 6.61 Å². The van der Waals surface area contributed by atoms with E-state index in [0.717, 1.165) is 24.1 Å². The van der Waals surface area contributed by atoms with Gasteiger partial charge in [0.25, 0.3) is 0 Å². The molecule has 1 aromatic carbocycles. The van der Waals surface area contributed by atoms with Crippen LogP contribution in [-0.2, 0) is 34.4 Å². The largest absolute Gasteiger partial charge is 0.495 e. The number of rotatable bonds is 30. The molecule has 4 rings (SSSR count). The van der Waals surface area contributed by atoms with Crippen molar-refractivity contribution in [2.24, 2.45) is 0 Å². The summed E-state index contributed by atoms with van der Waals surface area (Å²) in [7, 11) is -2.97. The Morgan fingerprint density at radius 2 is 1.64 bits per heavy atom. The maximum Gasteiger partial charge on any atom is 0.472 e. The molecule has 0 aliphatic carbocycles. The zero-order chi connectivity index (χ0) is 40.1. The number of nitriles is 1. The number of ether oxygens (including phenoxy) is 4. The maximum absolute atomic E-state index is 13.1. The van der Waals surface area contributed by atoms with E-state index < -0.39 is 19.5 Å². The maximum atomic E-state index is 13.1. The van der Waals surface area contributed by atoms with E-state index >= 15 is 0 Å². The number of fused-ring (bicyclic) bond motifs is 1. The normalized spacial score (nSPS) is 18.6. The molecule has 4 atom stereocenters. The quantitative estimate of drug-likeness (QED) is 0.0484. The SMILES string of the molecule is CCCCCCCCCCCCCCCCCCOC[C@H](COP(=O)(O)OC[C@]1(C)CC[C@H](c2ccc3c(N)ncnn23)O1)OCc1ccc(OC)c(C#N)c1. The van der Waals surface area contributed by atoms with Crippen molar-refractivity contribution in [1.29, 1.82) is 5.26 Å². The van der Waals surface area contributed by atoms with Gasteiger partial charge in [-0.1, -0.05) is 109 Å². The summed E-state index contributed by atoms with van der Waals surface area (Å²) >= 11 is 0. The van der Waals surface area contributed by atoms with Gasteiger partial charge in [0.2, 0.25) is 0 Å². The molecule has 1 aliphatic heterocycles. The first-order valence-electron chi connectivity index (χ1n) is 20.8. The van der Waals surface area contributed by atoms with Crippen molar-refractivity contribution in [3.63, 3.8) is 0 Å². The van der Waals surface area contributed by atoms with Gasteiger partial charge in [0.15, 0.2) is 5.82 Å². The highest BCUT2D eigenvalue weighted by molar-refractivity contribution is 7.47. The summed E-state index contributed by atoms with van der Waals surface area (Å²) in [4.78, 5) is 14.7. The molecule has 3 aromatic rings. The number of phosphoric acid groups is 1. The predicted molar refractivity (Wildman–Crippen MR) is 217 cm³/mol. The lowest BCUT2D eigenvalue weighted by molar-refractivity contribution is -0.0710.